The van der Waals surface area contributed by atoms with Gasteiger partial charge in [-0.1, -0.05) is 153 Å². The highest BCUT2D eigenvalue weighted by Crippen LogP contribution is 2.52. The van der Waals surface area contributed by atoms with Crippen LogP contribution in [0, 0.1) is 0 Å². The minimum Gasteiger partial charge on any atom is -0.310 e. The van der Waals surface area contributed by atoms with Crippen molar-refractivity contribution in [2.45, 2.75) is 19.3 Å². The molecule has 1 heteroatoms. The minimum absolute atomic E-state index is 0.121. The fraction of sp³-hybridized carbons (Fsp3) is 0.0612. The van der Waals surface area contributed by atoms with Crippen LogP contribution in [0.4, 0.5) is 17.1 Å². The Morgan fingerprint density at radius 2 is 0.940 bits per heavy atom. The highest BCUT2D eigenvalue weighted by molar-refractivity contribution is 5.98. The second kappa shape index (κ2) is 12.1. The molecule has 0 amide bonds. The summed E-state index contributed by atoms with van der Waals surface area (Å²) in [6.07, 6.45) is 0. The van der Waals surface area contributed by atoms with E-state index < -0.39 is 0 Å². The number of nitrogens with zero attached hydrogens (tertiary/aromatic N) is 1. The van der Waals surface area contributed by atoms with E-state index >= 15 is 0 Å². The average molecular weight is 640 g/mol. The maximum absolute atomic E-state index is 2.43. The van der Waals surface area contributed by atoms with Crippen LogP contribution < -0.4 is 4.90 Å². The van der Waals surface area contributed by atoms with Gasteiger partial charge in [-0.2, -0.15) is 0 Å². The number of anilines is 3. The zero-order valence-corrected chi connectivity index (χ0v) is 28.3. The topological polar surface area (TPSA) is 3.24 Å². The van der Waals surface area contributed by atoms with E-state index in [0.29, 0.717) is 0 Å². The second-order valence-corrected chi connectivity index (χ2v) is 13.8. The molecule has 0 saturated carbocycles. The molecule has 0 aromatic heterocycles. The van der Waals surface area contributed by atoms with E-state index in [-0.39, 0.29) is 5.41 Å². The molecule has 0 heterocycles. The Labute approximate surface area is 294 Å². The van der Waals surface area contributed by atoms with Gasteiger partial charge < -0.3 is 4.90 Å². The molecule has 0 spiro atoms. The summed E-state index contributed by atoms with van der Waals surface area (Å²) in [6, 6.07) is 68.5. The maximum Gasteiger partial charge on any atom is 0.0540 e. The first-order valence-electron chi connectivity index (χ1n) is 17.4. The van der Waals surface area contributed by atoms with Crippen molar-refractivity contribution >= 4 is 27.8 Å². The molecule has 0 fully saturated rings. The summed E-state index contributed by atoms with van der Waals surface area (Å²) in [5.74, 6) is 0. The summed E-state index contributed by atoms with van der Waals surface area (Å²) >= 11 is 0. The molecule has 50 heavy (non-hydrogen) atoms. The summed E-state index contributed by atoms with van der Waals surface area (Å²) in [4.78, 5) is 2.43. The van der Waals surface area contributed by atoms with Crippen LogP contribution in [0.25, 0.3) is 55.3 Å². The molecule has 0 saturated heterocycles. The lowest BCUT2D eigenvalue weighted by Crippen LogP contribution is -2.15. The number of hydrogen-bond donors (Lipinski definition) is 0. The maximum atomic E-state index is 2.43. The molecule has 1 aliphatic carbocycles. The van der Waals surface area contributed by atoms with E-state index in [2.05, 4.69) is 207 Å². The van der Waals surface area contributed by atoms with Gasteiger partial charge in [0.25, 0.3) is 0 Å². The van der Waals surface area contributed by atoms with Gasteiger partial charge in [-0.15, -0.1) is 0 Å². The van der Waals surface area contributed by atoms with E-state index in [1.165, 1.54) is 66.4 Å². The predicted octanol–water partition coefficient (Wildman–Crippen LogP) is 13.6. The molecule has 8 aromatic rings. The third kappa shape index (κ3) is 5.02. The molecule has 0 N–H and O–H groups in total. The Bertz CT molecular complexity index is 2490. The van der Waals surface area contributed by atoms with Crippen LogP contribution in [0.5, 0.6) is 0 Å². The monoisotopic (exact) mass is 639 g/mol. The minimum atomic E-state index is -0.121. The van der Waals surface area contributed by atoms with Crippen LogP contribution in [0.1, 0.15) is 25.0 Å². The van der Waals surface area contributed by atoms with Crippen LogP contribution >= 0.6 is 0 Å². The van der Waals surface area contributed by atoms with Gasteiger partial charge in [-0.25, -0.2) is 0 Å². The Morgan fingerprint density at radius 1 is 0.340 bits per heavy atom. The molecule has 0 bridgehead atoms. The summed E-state index contributed by atoms with van der Waals surface area (Å²) < 4.78 is 0. The van der Waals surface area contributed by atoms with Gasteiger partial charge in [0.05, 0.1) is 5.69 Å². The quantitative estimate of drug-likeness (QED) is 0.175. The third-order valence-electron chi connectivity index (χ3n) is 10.4. The van der Waals surface area contributed by atoms with Crippen LogP contribution in [-0.4, -0.2) is 0 Å². The van der Waals surface area contributed by atoms with Crippen molar-refractivity contribution in [2.75, 3.05) is 4.90 Å². The number of benzene rings is 8. The molecule has 1 aliphatic rings. The van der Waals surface area contributed by atoms with Gasteiger partial charge in [0, 0.05) is 22.4 Å². The lowest BCUT2D eigenvalue weighted by molar-refractivity contribution is 0.661. The van der Waals surface area contributed by atoms with Crippen LogP contribution in [0.15, 0.2) is 188 Å². The van der Waals surface area contributed by atoms with Gasteiger partial charge in [-0.3, -0.25) is 0 Å². The van der Waals surface area contributed by atoms with E-state index in [1.54, 1.807) is 0 Å². The van der Waals surface area contributed by atoms with Gasteiger partial charge in [0.2, 0.25) is 0 Å². The summed E-state index contributed by atoms with van der Waals surface area (Å²) in [5, 5.41) is 2.54. The Balaban J connectivity index is 1.21. The molecule has 0 aliphatic heterocycles. The fourth-order valence-corrected chi connectivity index (χ4v) is 7.92. The van der Waals surface area contributed by atoms with Crippen LogP contribution in [0.3, 0.4) is 0 Å². The van der Waals surface area contributed by atoms with Crippen molar-refractivity contribution in [3.63, 3.8) is 0 Å². The van der Waals surface area contributed by atoms with E-state index in [0.717, 1.165) is 17.1 Å². The standard InChI is InChI=1S/C49H37N/c1-49(2)46-29-28-40(33-45(46)44-31-37-27-26-36(30-38(37)32-47(44)49)34-16-6-3-7-17-34)50(39-20-10-5-11-21-39)48-25-15-14-24-43(48)42-23-13-12-22-41(42)35-18-8-4-9-19-35/h3-33H,1-2H3. The van der Waals surface area contributed by atoms with Crippen molar-refractivity contribution in [1.29, 1.82) is 0 Å². The van der Waals surface area contributed by atoms with E-state index in [9.17, 15) is 0 Å². The predicted molar refractivity (Wildman–Crippen MR) is 213 cm³/mol. The molecule has 0 radical (unpaired) electrons. The van der Waals surface area contributed by atoms with Crippen molar-refractivity contribution in [1.82, 2.24) is 0 Å². The zero-order chi connectivity index (χ0) is 33.7. The fourth-order valence-electron chi connectivity index (χ4n) is 7.92. The number of para-hydroxylation sites is 2. The first-order chi connectivity index (χ1) is 24.6. The van der Waals surface area contributed by atoms with Gasteiger partial charge in [0.1, 0.15) is 0 Å². The van der Waals surface area contributed by atoms with Gasteiger partial charge in [-0.05, 0) is 109 Å². The van der Waals surface area contributed by atoms with Crippen LogP contribution in [0.2, 0.25) is 0 Å². The Hall–Kier alpha value is -6.18. The molecule has 1 nitrogen and oxygen atoms in total. The Kier molecular flexibility index (Phi) is 7.21. The van der Waals surface area contributed by atoms with Crippen molar-refractivity contribution in [2.24, 2.45) is 0 Å². The molecule has 8 aromatic carbocycles. The highest BCUT2D eigenvalue weighted by Gasteiger charge is 2.36. The smallest absolute Gasteiger partial charge is 0.0540 e. The molecular weight excluding hydrogens is 603 g/mol. The molecule has 9 rings (SSSR count). The summed E-state index contributed by atoms with van der Waals surface area (Å²) in [7, 11) is 0. The average Bonchev–Trinajstić information content (AvgIpc) is 3.39. The molecule has 238 valence electrons. The SMILES string of the molecule is CC1(C)c2ccc(N(c3ccccc3)c3ccccc3-c3ccccc3-c3ccccc3)cc2-c2cc3ccc(-c4ccccc4)cc3cc21. The van der Waals surface area contributed by atoms with Crippen LogP contribution in [-0.2, 0) is 5.41 Å². The van der Waals surface area contributed by atoms with Crippen molar-refractivity contribution in [3.8, 4) is 44.5 Å². The summed E-state index contributed by atoms with van der Waals surface area (Å²) in [6.45, 7) is 4.74. The summed E-state index contributed by atoms with van der Waals surface area (Å²) in [5.41, 5.74) is 16.0. The lowest BCUT2D eigenvalue weighted by atomic mass is 9.81. The van der Waals surface area contributed by atoms with Crippen molar-refractivity contribution in [3.05, 3.63) is 199 Å². The Morgan fingerprint density at radius 3 is 1.68 bits per heavy atom. The lowest BCUT2D eigenvalue weighted by Gasteiger charge is -2.29. The number of hydrogen-bond acceptors (Lipinski definition) is 1. The first-order valence-corrected chi connectivity index (χ1v) is 17.4. The molecule has 0 atom stereocenters. The largest absolute Gasteiger partial charge is 0.310 e. The highest BCUT2D eigenvalue weighted by atomic mass is 15.1. The van der Waals surface area contributed by atoms with E-state index in [1.807, 2.05) is 0 Å². The van der Waals surface area contributed by atoms with E-state index in [4.69, 9.17) is 0 Å². The molecule has 0 unspecified atom stereocenters. The van der Waals surface area contributed by atoms with Gasteiger partial charge in [0.15, 0.2) is 0 Å². The van der Waals surface area contributed by atoms with Crippen molar-refractivity contribution < 1.29 is 0 Å². The van der Waals surface area contributed by atoms with Gasteiger partial charge >= 0.3 is 0 Å². The first kappa shape index (κ1) is 29.9. The number of rotatable bonds is 6. The number of fused-ring (bicyclic) bond motifs is 4. The normalized spacial score (nSPS) is 12.8. The molecular formula is C49H37N. The zero-order valence-electron chi connectivity index (χ0n) is 28.3. The third-order valence-corrected chi connectivity index (χ3v) is 10.4. The second-order valence-electron chi connectivity index (χ2n) is 13.8.